The predicted molar refractivity (Wildman–Crippen MR) is 115 cm³/mol. The number of esters is 1. The molecule has 0 aromatic heterocycles. The molecule has 0 fully saturated rings. The molecule has 2 unspecified atom stereocenters. The van der Waals surface area contributed by atoms with Crippen LogP contribution in [0.2, 0.25) is 0 Å². The van der Waals surface area contributed by atoms with E-state index >= 15 is 0 Å². The van der Waals surface area contributed by atoms with E-state index in [2.05, 4.69) is 4.90 Å². The second-order valence-corrected chi connectivity index (χ2v) is 7.09. The van der Waals surface area contributed by atoms with Crippen LogP contribution in [0.1, 0.15) is 25.0 Å². The number of hydrogen-bond acceptors (Lipinski definition) is 5. The molecule has 2 atom stereocenters. The van der Waals surface area contributed by atoms with E-state index in [0.29, 0.717) is 19.7 Å². The summed E-state index contributed by atoms with van der Waals surface area (Å²) in [5.74, 6) is -0.411. The fourth-order valence-corrected chi connectivity index (χ4v) is 3.02. The standard InChI is InChI=1S/C24H32FNO4/c1-3-29-24(27)19-28-14-15-30-20(2)23(25)18-26(16-21-10-6-4-7-11-21)17-22-12-8-5-9-13-22/h4-13,20,23H,3,14-19H2,1-2H3. The molecule has 0 amide bonds. The highest BCUT2D eigenvalue weighted by Crippen LogP contribution is 2.14. The summed E-state index contributed by atoms with van der Waals surface area (Å²) in [4.78, 5) is 13.3. The molecule has 0 bridgehead atoms. The van der Waals surface area contributed by atoms with Crippen molar-refractivity contribution in [2.45, 2.75) is 39.2 Å². The molecule has 2 aromatic rings. The van der Waals surface area contributed by atoms with Crippen LogP contribution in [0.5, 0.6) is 0 Å². The SMILES string of the molecule is CCOC(=O)COCCOC(C)C(F)CN(Cc1ccccc1)Cc1ccccc1. The second kappa shape index (κ2) is 13.9. The Bertz CT molecular complexity index is 672. The van der Waals surface area contributed by atoms with Gasteiger partial charge in [-0.1, -0.05) is 60.7 Å². The van der Waals surface area contributed by atoms with E-state index in [1.54, 1.807) is 13.8 Å². The molecule has 0 N–H and O–H groups in total. The van der Waals surface area contributed by atoms with Gasteiger partial charge in [0.15, 0.2) is 0 Å². The largest absolute Gasteiger partial charge is 0.464 e. The van der Waals surface area contributed by atoms with E-state index < -0.39 is 18.2 Å². The van der Waals surface area contributed by atoms with Crippen molar-refractivity contribution in [3.05, 3.63) is 71.8 Å². The van der Waals surface area contributed by atoms with Gasteiger partial charge in [0.05, 0.1) is 25.9 Å². The van der Waals surface area contributed by atoms with Crippen molar-refractivity contribution in [3.8, 4) is 0 Å². The van der Waals surface area contributed by atoms with Gasteiger partial charge in [-0.15, -0.1) is 0 Å². The number of nitrogens with zero attached hydrogens (tertiary/aromatic N) is 1. The molecule has 164 valence electrons. The predicted octanol–water partition coefficient (Wildman–Crippen LogP) is 4.01. The fraction of sp³-hybridized carbons (Fsp3) is 0.458. The first-order chi connectivity index (χ1) is 14.6. The molecule has 0 spiro atoms. The highest BCUT2D eigenvalue weighted by Gasteiger charge is 2.21. The first-order valence-corrected chi connectivity index (χ1v) is 10.4. The average Bonchev–Trinajstić information content (AvgIpc) is 2.75. The molecule has 5 nitrogen and oxygen atoms in total. The Balaban J connectivity index is 1.81. The molecule has 0 aliphatic heterocycles. The lowest BCUT2D eigenvalue weighted by Gasteiger charge is -2.27. The van der Waals surface area contributed by atoms with Crippen LogP contribution in [0.4, 0.5) is 4.39 Å². The van der Waals surface area contributed by atoms with Gasteiger partial charge in [0.2, 0.25) is 0 Å². The van der Waals surface area contributed by atoms with Crippen molar-refractivity contribution in [1.82, 2.24) is 4.90 Å². The van der Waals surface area contributed by atoms with Crippen LogP contribution in [0.3, 0.4) is 0 Å². The number of benzene rings is 2. The summed E-state index contributed by atoms with van der Waals surface area (Å²) in [5, 5.41) is 0. The first kappa shape index (κ1) is 24.0. The smallest absolute Gasteiger partial charge is 0.332 e. The first-order valence-electron chi connectivity index (χ1n) is 10.4. The van der Waals surface area contributed by atoms with Crippen molar-refractivity contribution in [2.75, 3.05) is 33.0 Å². The topological polar surface area (TPSA) is 48.0 Å². The maximum Gasteiger partial charge on any atom is 0.332 e. The number of hydrogen-bond donors (Lipinski definition) is 0. The lowest BCUT2D eigenvalue weighted by molar-refractivity contribution is -0.149. The van der Waals surface area contributed by atoms with Gasteiger partial charge in [-0.3, -0.25) is 4.90 Å². The zero-order chi connectivity index (χ0) is 21.6. The molecular formula is C24H32FNO4. The maximum absolute atomic E-state index is 14.9. The molecular weight excluding hydrogens is 385 g/mol. The van der Waals surface area contributed by atoms with Gasteiger partial charge in [0.1, 0.15) is 12.8 Å². The third kappa shape index (κ3) is 9.48. The van der Waals surface area contributed by atoms with Crippen molar-refractivity contribution < 1.29 is 23.4 Å². The van der Waals surface area contributed by atoms with Crippen molar-refractivity contribution in [2.24, 2.45) is 0 Å². The highest BCUT2D eigenvalue weighted by molar-refractivity contribution is 5.70. The molecule has 6 heteroatoms. The van der Waals surface area contributed by atoms with E-state index in [1.807, 2.05) is 60.7 Å². The Morgan fingerprint density at radius 1 is 0.967 bits per heavy atom. The van der Waals surface area contributed by atoms with E-state index in [4.69, 9.17) is 14.2 Å². The van der Waals surface area contributed by atoms with Crippen LogP contribution in [-0.4, -0.2) is 56.1 Å². The molecule has 2 aromatic carbocycles. The Kier molecular flexibility index (Phi) is 11.1. The van der Waals surface area contributed by atoms with Crippen LogP contribution in [0.15, 0.2) is 60.7 Å². The third-order valence-electron chi connectivity index (χ3n) is 4.57. The number of carbonyl (C=O) groups is 1. The summed E-state index contributed by atoms with van der Waals surface area (Å²) in [6.07, 6.45) is -1.73. The lowest BCUT2D eigenvalue weighted by atomic mass is 10.1. The van der Waals surface area contributed by atoms with E-state index in [9.17, 15) is 9.18 Å². The van der Waals surface area contributed by atoms with E-state index in [-0.39, 0.29) is 26.4 Å². The molecule has 0 aliphatic carbocycles. The summed E-state index contributed by atoms with van der Waals surface area (Å²) in [6.45, 7) is 5.67. The van der Waals surface area contributed by atoms with Gasteiger partial charge in [-0.05, 0) is 25.0 Å². The maximum atomic E-state index is 14.9. The average molecular weight is 418 g/mol. The van der Waals surface area contributed by atoms with Gasteiger partial charge in [-0.2, -0.15) is 0 Å². The number of carbonyl (C=O) groups excluding carboxylic acids is 1. The molecule has 30 heavy (non-hydrogen) atoms. The normalized spacial score (nSPS) is 13.2. The lowest BCUT2D eigenvalue weighted by Crippen LogP contribution is -2.36. The Morgan fingerprint density at radius 2 is 1.53 bits per heavy atom. The van der Waals surface area contributed by atoms with E-state index in [1.165, 1.54) is 0 Å². The molecule has 0 saturated carbocycles. The molecule has 0 aliphatic rings. The number of halogens is 1. The quantitative estimate of drug-likeness (QED) is 0.343. The minimum absolute atomic E-state index is 0.118. The summed E-state index contributed by atoms with van der Waals surface area (Å²) < 4.78 is 30.4. The Hall–Kier alpha value is -2.28. The number of ether oxygens (including phenoxy) is 3. The van der Waals surface area contributed by atoms with Crippen molar-refractivity contribution in [3.63, 3.8) is 0 Å². The zero-order valence-electron chi connectivity index (χ0n) is 17.8. The van der Waals surface area contributed by atoms with Gasteiger partial charge in [0.25, 0.3) is 0 Å². The van der Waals surface area contributed by atoms with Gasteiger partial charge in [-0.25, -0.2) is 9.18 Å². The number of rotatable bonds is 14. The van der Waals surface area contributed by atoms with Crippen molar-refractivity contribution >= 4 is 5.97 Å². The fourth-order valence-electron chi connectivity index (χ4n) is 3.02. The molecule has 0 heterocycles. The summed E-state index contributed by atoms with van der Waals surface area (Å²) in [6, 6.07) is 20.1. The Morgan fingerprint density at radius 3 is 2.07 bits per heavy atom. The minimum Gasteiger partial charge on any atom is -0.464 e. The molecule has 2 rings (SSSR count). The second-order valence-electron chi connectivity index (χ2n) is 7.09. The summed E-state index contributed by atoms with van der Waals surface area (Å²) in [7, 11) is 0. The zero-order valence-corrected chi connectivity index (χ0v) is 17.8. The molecule has 0 saturated heterocycles. The van der Waals surface area contributed by atoms with Crippen LogP contribution >= 0.6 is 0 Å². The summed E-state index contributed by atoms with van der Waals surface area (Å²) >= 11 is 0. The van der Waals surface area contributed by atoms with Crippen molar-refractivity contribution in [1.29, 1.82) is 0 Å². The summed E-state index contributed by atoms with van der Waals surface area (Å²) in [5.41, 5.74) is 2.28. The van der Waals surface area contributed by atoms with E-state index in [0.717, 1.165) is 11.1 Å². The van der Waals surface area contributed by atoms with Crippen LogP contribution < -0.4 is 0 Å². The van der Waals surface area contributed by atoms with Gasteiger partial charge < -0.3 is 14.2 Å². The van der Waals surface area contributed by atoms with Crippen LogP contribution in [0, 0.1) is 0 Å². The minimum atomic E-state index is -1.15. The van der Waals surface area contributed by atoms with Gasteiger partial charge in [0, 0.05) is 19.6 Å². The van der Waals surface area contributed by atoms with Crippen LogP contribution in [-0.2, 0) is 32.1 Å². The van der Waals surface area contributed by atoms with Crippen LogP contribution in [0.25, 0.3) is 0 Å². The van der Waals surface area contributed by atoms with Gasteiger partial charge >= 0.3 is 5.97 Å². The monoisotopic (exact) mass is 417 g/mol. The highest BCUT2D eigenvalue weighted by atomic mass is 19.1. The Labute approximate surface area is 178 Å². The third-order valence-corrected chi connectivity index (χ3v) is 4.57. The number of alkyl halides is 1. The molecule has 0 radical (unpaired) electrons.